The lowest BCUT2D eigenvalue weighted by atomic mass is 9.82. The minimum Gasteiger partial charge on any atom is -0.497 e. The topological polar surface area (TPSA) is 68.3 Å². The van der Waals surface area contributed by atoms with Gasteiger partial charge in [-0.05, 0) is 262 Å². The first-order valence-corrected chi connectivity index (χ1v) is 31.5. The molecule has 13 rings (SSSR count). The van der Waals surface area contributed by atoms with Crippen LogP contribution < -0.4 is 48.0 Å². The quantitative estimate of drug-likeness (QED) is 0.0650. The summed E-state index contributed by atoms with van der Waals surface area (Å²) in [5, 5.41) is 0. The van der Waals surface area contributed by atoms with Crippen LogP contribution in [0, 0.1) is 0 Å². The summed E-state index contributed by atoms with van der Waals surface area (Å²) in [6.45, 7) is 13.9. The summed E-state index contributed by atoms with van der Waals surface area (Å²) in [5.74, 6) is 4.78. The van der Waals surface area contributed by atoms with Crippen molar-refractivity contribution in [3.8, 4) is 56.8 Å². The molecule has 0 unspecified atom stereocenters. The third kappa shape index (κ3) is 11.9. The Labute approximate surface area is 552 Å². The number of hydrogen-bond donors (Lipinski definition) is 0. The summed E-state index contributed by atoms with van der Waals surface area (Å²) in [4.78, 5) is 9.08. The molecular weight excluding hydrogens is 1160 g/mol. The van der Waals surface area contributed by atoms with E-state index in [0.29, 0.717) is 0 Å². The fourth-order valence-corrected chi connectivity index (χ4v) is 13.2. The highest BCUT2D eigenvalue weighted by molar-refractivity contribution is 5.90. The largest absolute Gasteiger partial charge is 0.497 e. The molecule has 0 atom stereocenters. The van der Waals surface area contributed by atoms with E-state index in [0.717, 1.165) is 119 Å². The number of anilines is 11. The van der Waals surface area contributed by atoms with Crippen LogP contribution in [0.1, 0.15) is 49.9 Å². The van der Waals surface area contributed by atoms with E-state index in [4.69, 9.17) is 35.0 Å². The normalized spacial score (nSPS) is 13.0. The first kappa shape index (κ1) is 61.5. The molecule has 0 saturated carbocycles. The molecule has 10 nitrogen and oxygen atoms in total. The van der Waals surface area contributed by atoms with Gasteiger partial charge < -0.3 is 48.0 Å². The monoisotopic (exact) mass is 1240 g/mol. The highest BCUT2D eigenvalue weighted by atomic mass is 16.5. The van der Waals surface area contributed by atoms with Crippen LogP contribution in [-0.4, -0.2) is 42.7 Å². The maximum absolute atomic E-state index is 5.66. The van der Waals surface area contributed by atoms with Gasteiger partial charge in [-0.3, -0.25) is 0 Å². The second-order valence-corrected chi connectivity index (χ2v) is 24.6. The number of methoxy groups -OCH3 is 6. The highest BCUT2D eigenvalue weighted by Crippen LogP contribution is 2.53. The molecule has 11 aromatic rings. The van der Waals surface area contributed by atoms with Crippen molar-refractivity contribution in [2.75, 3.05) is 62.3 Å². The van der Waals surface area contributed by atoms with Crippen LogP contribution in [0.4, 0.5) is 62.6 Å². The Morgan fingerprint density at radius 3 is 0.872 bits per heavy atom. The standard InChI is InChI=1S/C84H76N4O6/c1-56(12-13-59-55-83(2,3)80-52-68(34-49-77(59)80)87(64-26-41-73(91-8)42-27-64)65-28-43-74(92-9)44-29-65)85(61-22-37-71(89-6)38-23-61)60-18-14-57(15-19-60)58-16-20-62(21-17-58)86(63-24-39-72(90-7)40-25-63)69-35-50-78-79-51-36-70(54-82(79)84(4,5)81(78)53-69)88(66-30-45-75(93-10)46-31-66)67-32-47-76(94-11)48-33-67/h12-55H,1H2,2-11H3/b13-12-. The third-order valence-electron chi connectivity index (χ3n) is 18.3. The fraction of sp³-hybridized carbons (Fsp3) is 0.143. The van der Waals surface area contributed by atoms with Crippen molar-refractivity contribution < 1.29 is 28.4 Å². The number of allylic oxidation sites excluding steroid dienone is 4. The zero-order valence-corrected chi connectivity index (χ0v) is 54.8. The average Bonchev–Trinajstić information content (AvgIpc) is 1.56. The summed E-state index contributed by atoms with van der Waals surface area (Å²) in [6.07, 6.45) is 6.68. The lowest BCUT2D eigenvalue weighted by Gasteiger charge is -2.29. The van der Waals surface area contributed by atoms with E-state index in [1.165, 1.54) is 33.4 Å². The van der Waals surface area contributed by atoms with Crippen LogP contribution in [0.25, 0.3) is 27.8 Å². The van der Waals surface area contributed by atoms with Gasteiger partial charge in [0.2, 0.25) is 0 Å². The Hall–Kier alpha value is -11.4. The van der Waals surface area contributed by atoms with Gasteiger partial charge in [-0.2, -0.15) is 0 Å². The lowest BCUT2D eigenvalue weighted by Crippen LogP contribution is -2.17. The van der Waals surface area contributed by atoms with Gasteiger partial charge in [-0.25, -0.2) is 0 Å². The highest BCUT2D eigenvalue weighted by Gasteiger charge is 2.37. The molecule has 0 amide bonds. The number of nitrogens with zero attached hydrogens (tertiary/aromatic N) is 4. The Bertz CT molecular complexity index is 4500. The minimum absolute atomic E-state index is 0.253. The van der Waals surface area contributed by atoms with Gasteiger partial charge in [0.05, 0.1) is 42.7 Å². The smallest absolute Gasteiger partial charge is 0.119 e. The van der Waals surface area contributed by atoms with Crippen molar-refractivity contribution >= 4 is 68.1 Å². The second kappa shape index (κ2) is 25.7. The SMILES string of the molecule is C=C(/C=C\C1=CC(C)(C)c2cc(N(c3ccc(OC)cc3)c3ccc(OC)cc3)ccc21)N(c1ccc(OC)cc1)c1ccc(-c2ccc(N(c3ccc(OC)cc3)c3ccc4c(c3)C(C)(C)c3cc(N(c5ccc(OC)cc5)c5ccc(OC)cc5)ccc3-4)cc2)cc1. The van der Waals surface area contributed by atoms with Crippen LogP contribution in [0.15, 0.2) is 279 Å². The number of ether oxygens (including phenoxy) is 6. The number of rotatable bonds is 21. The van der Waals surface area contributed by atoms with Crippen LogP contribution >= 0.6 is 0 Å². The van der Waals surface area contributed by atoms with Crippen LogP contribution in [0.2, 0.25) is 0 Å². The maximum Gasteiger partial charge on any atom is 0.119 e. The molecular formula is C84H76N4O6. The second-order valence-electron chi connectivity index (χ2n) is 24.6. The zero-order chi connectivity index (χ0) is 65.3. The number of benzene rings is 11. The predicted molar refractivity (Wildman–Crippen MR) is 387 cm³/mol. The number of hydrogen-bond acceptors (Lipinski definition) is 10. The summed E-state index contributed by atoms with van der Waals surface area (Å²) in [6, 6.07) is 87.3. The molecule has 0 bridgehead atoms. The van der Waals surface area contributed by atoms with Crippen molar-refractivity contribution in [3.63, 3.8) is 0 Å². The van der Waals surface area contributed by atoms with E-state index in [1.54, 1.807) is 42.7 Å². The molecule has 0 fully saturated rings. The van der Waals surface area contributed by atoms with Crippen molar-refractivity contribution in [1.82, 2.24) is 0 Å². The molecule has 11 aromatic carbocycles. The summed E-state index contributed by atoms with van der Waals surface area (Å²) in [7, 11) is 10.2. The first-order chi connectivity index (χ1) is 45.7. The Morgan fingerprint density at radius 1 is 0.309 bits per heavy atom. The molecule has 10 heteroatoms. The molecule has 0 aromatic heterocycles. The van der Waals surface area contributed by atoms with E-state index in [9.17, 15) is 0 Å². The molecule has 0 aliphatic heterocycles. The third-order valence-corrected chi connectivity index (χ3v) is 18.3. The summed E-state index contributed by atoms with van der Waals surface area (Å²) in [5.41, 5.74) is 22.1. The molecule has 94 heavy (non-hydrogen) atoms. The molecule has 0 heterocycles. The van der Waals surface area contributed by atoms with Gasteiger partial charge in [0.25, 0.3) is 0 Å². The molecule has 2 aliphatic rings. The predicted octanol–water partition coefficient (Wildman–Crippen LogP) is 21.7. The van der Waals surface area contributed by atoms with Crippen LogP contribution in [0.5, 0.6) is 34.5 Å². The van der Waals surface area contributed by atoms with Crippen molar-refractivity contribution in [2.24, 2.45) is 0 Å². The number of fused-ring (bicyclic) bond motifs is 4. The van der Waals surface area contributed by atoms with E-state index in [1.807, 2.05) is 72.8 Å². The van der Waals surface area contributed by atoms with Crippen LogP contribution in [-0.2, 0) is 10.8 Å². The average molecular weight is 1240 g/mol. The van der Waals surface area contributed by atoms with E-state index < -0.39 is 0 Å². The van der Waals surface area contributed by atoms with Gasteiger partial charge in [-0.15, -0.1) is 0 Å². The molecule has 0 radical (unpaired) electrons. The summed E-state index contributed by atoms with van der Waals surface area (Å²) < 4.78 is 33.5. The van der Waals surface area contributed by atoms with Gasteiger partial charge >= 0.3 is 0 Å². The zero-order valence-electron chi connectivity index (χ0n) is 54.8. The maximum atomic E-state index is 5.66. The van der Waals surface area contributed by atoms with E-state index in [-0.39, 0.29) is 10.8 Å². The molecule has 0 saturated heterocycles. The van der Waals surface area contributed by atoms with Crippen molar-refractivity contribution in [1.29, 1.82) is 0 Å². The van der Waals surface area contributed by atoms with Crippen LogP contribution in [0.3, 0.4) is 0 Å². The van der Waals surface area contributed by atoms with E-state index >= 15 is 0 Å². The first-order valence-electron chi connectivity index (χ1n) is 31.5. The van der Waals surface area contributed by atoms with E-state index in [2.05, 4.69) is 241 Å². The van der Waals surface area contributed by atoms with Crippen molar-refractivity contribution in [3.05, 3.63) is 301 Å². The molecule has 0 N–H and O–H groups in total. The molecule has 0 spiro atoms. The lowest BCUT2D eigenvalue weighted by molar-refractivity contribution is 0.414. The minimum atomic E-state index is -0.333. The summed E-state index contributed by atoms with van der Waals surface area (Å²) >= 11 is 0. The Kier molecular flexibility index (Phi) is 16.8. The van der Waals surface area contributed by atoms with Crippen molar-refractivity contribution in [2.45, 2.75) is 38.5 Å². The molecule has 468 valence electrons. The molecule has 2 aliphatic carbocycles. The van der Waals surface area contributed by atoms with Gasteiger partial charge in [-0.1, -0.05) is 88.9 Å². The Balaban J connectivity index is 0.780. The van der Waals surface area contributed by atoms with Gasteiger partial charge in [0.1, 0.15) is 34.5 Å². The van der Waals surface area contributed by atoms with Gasteiger partial charge in [0, 0.05) is 79.1 Å². The fourth-order valence-electron chi connectivity index (χ4n) is 13.2. The van der Waals surface area contributed by atoms with Gasteiger partial charge in [0.15, 0.2) is 0 Å². The Morgan fingerprint density at radius 2 is 0.564 bits per heavy atom.